The van der Waals surface area contributed by atoms with Crippen LogP contribution in [0.25, 0.3) is 0 Å². The highest BCUT2D eigenvalue weighted by atomic mass is 19.4. The summed E-state index contributed by atoms with van der Waals surface area (Å²) in [6.07, 6.45) is -1.89. The molecule has 1 saturated heterocycles. The number of carbonyl (C=O) groups is 2. The van der Waals surface area contributed by atoms with Crippen LogP contribution in [-0.4, -0.2) is 48.9 Å². The van der Waals surface area contributed by atoms with E-state index in [0.29, 0.717) is 24.6 Å². The Morgan fingerprint density at radius 3 is 2.47 bits per heavy atom. The van der Waals surface area contributed by atoms with Crippen molar-refractivity contribution < 1.29 is 22.8 Å². The third-order valence-corrected chi connectivity index (χ3v) is 6.09. The first-order chi connectivity index (χ1) is 14.0. The molecule has 2 amide bonds. The Hall–Kier alpha value is -2.09. The predicted molar refractivity (Wildman–Crippen MR) is 108 cm³/mol. The van der Waals surface area contributed by atoms with Gasteiger partial charge in [-0.05, 0) is 74.4 Å². The third-order valence-electron chi connectivity index (χ3n) is 6.09. The van der Waals surface area contributed by atoms with Crippen molar-refractivity contribution in [2.24, 2.45) is 11.3 Å². The first kappa shape index (κ1) is 22.6. The largest absolute Gasteiger partial charge is 0.416 e. The minimum atomic E-state index is -4.48. The molecule has 166 valence electrons. The number of likely N-dealkylation sites (tertiary alicyclic amines) is 1. The van der Waals surface area contributed by atoms with Gasteiger partial charge < -0.3 is 10.6 Å². The molecule has 5 nitrogen and oxygen atoms in total. The molecule has 1 spiro atoms. The van der Waals surface area contributed by atoms with Gasteiger partial charge in [-0.15, -0.1) is 0 Å². The molecule has 1 aliphatic heterocycles. The Morgan fingerprint density at radius 1 is 1.20 bits per heavy atom. The van der Waals surface area contributed by atoms with Gasteiger partial charge in [0.2, 0.25) is 5.91 Å². The zero-order valence-electron chi connectivity index (χ0n) is 17.7. The van der Waals surface area contributed by atoms with Crippen molar-refractivity contribution in [2.45, 2.75) is 52.3 Å². The molecular formula is C22H30F3N3O2. The normalized spacial score (nSPS) is 21.0. The molecular weight excluding hydrogens is 395 g/mol. The van der Waals surface area contributed by atoms with Crippen molar-refractivity contribution in [1.82, 2.24) is 15.5 Å². The Bertz CT molecular complexity index is 799. The lowest BCUT2D eigenvalue weighted by Crippen LogP contribution is -2.44. The van der Waals surface area contributed by atoms with E-state index in [1.165, 1.54) is 6.07 Å². The van der Waals surface area contributed by atoms with Gasteiger partial charge >= 0.3 is 6.18 Å². The SMILES string of the molecule is Cc1cc(C(=O)NC2CC23CCN(CC(=O)NCC(C)C)CC3)cc(C(F)(F)F)c1. The van der Waals surface area contributed by atoms with Crippen LogP contribution in [0.4, 0.5) is 13.2 Å². The van der Waals surface area contributed by atoms with E-state index >= 15 is 0 Å². The summed E-state index contributed by atoms with van der Waals surface area (Å²) in [7, 11) is 0. The number of halogens is 3. The van der Waals surface area contributed by atoms with E-state index < -0.39 is 17.6 Å². The summed E-state index contributed by atoms with van der Waals surface area (Å²) in [6, 6.07) is 3.42. The summed E-state index contributed by atoms with van der Waals surface area (Å²) in [5.74, 6) is -0.0168. The van der Waals surface area contributed by atoms with Crippen molar-refractivity contribution in [3.05, 3.63) is 34.9 Å². The number of benzene rings is 1. The highest BCUT2D eigenvalue weighted by molar-refractivity contribution is 5.95. The summed E-state index contributed by atoms with van der Waals surface area (Å²) < 4.78 is 39.1. The maximum absolute atomic E-state index is 13.0. The molecule has 1 atom stereocenters. The Morgan fingerprint density at radius 2 is 1.87 bits per heavy atom. The van der Waals surface area contributed by atoms with E-state index in [1.807, 2.05) is 13.8 Å². The quantitative estimate of drug-likeness (QED) is 0.735. The van der Waals surface area contributed by atoms with Crippen LogP contribution in [0.3, 0.4) is 0 Å². The second-order valence-electron chi connectivity index (χ2n) is 9.15. The van der Waals surface area contributed by atoms with E-state index in [9.17, 15) is 22.8 Å². The molecule has 2 aliphatic rings. The molecule has 3 rings (SSSR count). The summed E-state index contributed by atoms with van der Waals surface area (Å²) in [4.78, 5) is 26.7. The lowest BCUT2D eigenvalue weighted by atomic mass is 9.92. The van der Waals surface area contributed by atoms with Gasteiger partial charge in [0.25, 0.3) is 5.91 Å². The molecule has 2 N–H and O–H groups in total. The number of nitrogens with zero attached hydrogens (tertiary/aromatic N) is 1. The number of rotatable bonds is 6. The number of piperidine rings is 1. The van der Waals surface area contributed by atoms with Crippen molar-refractivity contribution in [3.8, 4) is 0 Å². The zero-order valence-corrected chi connectivity index (χ0v) is 17.7. The molecule has 2 fully saturated rings. The fourth-order valence-corrected chi connectivity index (χ4v) is 4.16. The molecule has 0 radical (unpaired) electrons. The van der Waals surface area contributed by atoms with Crippen LogP contribution >= 0.6 is 0 Å². The summed E-state index contributed by atoms with van der Waals surface area (Å²) in [6.45, 7) is 8.26. The molecule has 0 bridgehead atoms. The number of carbonyl (C=O) groups excluding carboxylic acids is 2. The Labute approximate surface area is 175 Å². The minimum Gasteiger partial charge on any atom is -0.355 e. The van der Waals surface area contributed by atoms with Gasteiger partial charge in [-0.3, -0.25) is 14.5 Å². The first-order valence-corrected chi connectivity index (χ1v) is 10.5. The van der Waals surface area contributed by atoms with Crippen molar-refractivity contribution in [1.29, 1.82) is 0 Å². The topological polar surface area (TPSA) is 61.4 Å². The monoisotopic (exact) mass is 425 g/mol. The molecule has 0 aromatic heterocycles. The average Bonchev–Trinajstić information content (AvgIpc) is 3.32. The molecule has 1 unspecified atom stereocenters. The lowest BCUT2D eigenvalue weighted by molar-refractivity contribution is -0.137. The van der Waals surface area contributed by atoms with Gasteiger partial charge in [0.05, 0.1) is 12.1 Å². The van der Waals surface area contributed by atoms with Crippen LogP contribution in [0.1, 0.15) is 54.6 Å². The van der Waals surface area contributed by atoms with E-state index in [1.54, 1.807) is 6.92 Å². The molecule has 8 heteroatoms. The van der Waals surface area contributed by atoms with Crippen molar-refractivity contribution in [2.75, 3.05) is 26.2 Å². The summed E-state index contributed by atoms with van der Waals surface area (Å²) in [5, 5.41) is 5.84. The second kappa shape index (κ2) is 8.57. The molecule has 1 aromatic carbocycles. The standard InChI is InChI=1S/C22H30F3N3O2/c1-14(2)12-26-19(29)13-28-6-4-21(5-7-28)11-18(21)27-20(30)16-8-15(3)9-17(10-16)22(23,24)25/h8-10,14,18H,4-7,11-13H2,1-3H3,(H,26,29)(H,27,30). The second-order valence-corrected chi connectivity index (χ2v) is 9.15. The maximum Gasteiger partial charge on any atom is 0.416 e. The number of nitrogens with one attached hydrogen (secondary N) is 2. The fraction of sp³-hybridized carbons (Fsp3) is 0.636. The summed E-state index contributed by atoms with van der Waals surface area (Å²) >= 11 is 0. The molecule has 1 aliphatic carbocycles. The van der Waals surface area contributed by atoms with Crippen LogP contribution < -0.4 is 10.6 Å². The number of amides is 2. The van der Waals surface area contributed by atoms with E-state index in [2.05, 4.69) is 15.5 Å². The van der Waals surface area contributed by atoms with Gasteiger partial charge in [0.15, 0.2) is 0 Å². The third kappa shape index (κ3) is 5.53. The fourth-order valence-electron chi connectivity index (χ4n) is 4.16. The van der Waals surface area contributed by atoms with E-state index in [0.717, 1.165) is 44.5 Å². The van der Waals surface area contributed by atoms with Crippen LogP contribution in [0.5, 0.6) is 0 Å². The van der Waals surface area contributed by atoms with Crippen LogP contribution in [0.2, 0.25) is 0 Å². The highest BCUT2D eigenvalue weighted by Gasteiger charge is 2.55. The lowest BCUT2D eigenvalue weighted by Gasteiger charge is -2.32. The van der Waals surface area contributed by atoms with E-state index in [-0.39, 0.29) is 22.9 Å². The van der Waals surface area contributed by atoms with Crippen LogP contribution in [0, 0.1) is 18.3 Å². The number of hydrogen-bond acceptors (Lipinski definition) is 3. The van der Waals surface area contributed by atoms with Crippen LogP contribution in [-0.2, 0) is 11.0 Å². The van der Waals surface area contributed by atoms with E-state index in [4.69, 9.17) is 0 Å². The highest BCUT2D eigenvalue weighted by Crippen LogP contribution is 2.53. The first-order valence-electron chi connectivity index (χ1n) is 10.5. The van der Waals surface area contributed by atoms with Gasteiger partial charge in [-0.1, -0.05) is 13.8 Å². The average molecular weight is 425 g/mol. The molecule has 1 aromatic rings. The molecule has 1 heterocycles. The number of alkyl halides is 3. The van der Waals surface area contributed by atoms with Gasteiger partial charge in [-0.25, -0.2) is 0 Å². The van der Waals surface area contributed by atoms with Gasteiger partial charge in [-0.2, -0.15) is 13.2 Å². The zero-order chi connectivity index (χ0) is 22.1. The van der Waals surface area contributed by atoms with Crippen molar-refractivity contribution in [3.63, 3.8) is 0 Å². The number of aryl methyl sites for hydroxylation is 1. The maximum atomic E-state index is 13.0. The number of hydrogen-bond donors (Lipinski definition) is 2. The van der Waals surface area contributed by atoms with Crippen molar-refractivity contribution >= 4 is 11.8 Å². The Kier molecular flexibility index (Phi) is 6.45. The van der Waals surface area contributed by atoms with Gasteiger partial charge in [0.1, 0.15) is 0 Å². The van der Waals surface area contributed by atoms with Crippen LogP contribution in [0.15, 0.2) is 18.2 Å². The smallest absolute Gasteiger partial charge is 0.355 e. The molecule has 30 heavy (non-hydrogen) atoms. The molecule has 1 saturated carbocycles. The summed E-state index contributed by atoms with van der Waals surface area (Å²) in [5.41, 5.74) is -0.340. The van der Waals surface area contributed by atoms with Gasteiger partial charge in [0, 0.05) is 18.2 Å². The minimum absolute atomic E-state index is 0.0112. The Balaban J connectivity index is 1.50. The predicted octanol–water partition coefficient (Wildman–Crippen LogP) is 3.37.